The Bertz CT molecular complexity index is 736. The Kier molecular flexibility index (Phi) is 7.04. The summed E-state index contributed by atoms with van der Waals surface area (Å²) >= 11 is 1.19. The molecule has 0 aliphatic rings. The number of methoxy groups -OCH3 is 1. The van der Waals surface area contributed by atoms with Crippen molar-refractivity contribution in [2.24, 2.45) is 0 Å². The summed E-state index contributed by atoms with van der Waals surface area (Å²) in [5.41, 5.74) is -0.715. The van der Waals surface area contributed by atoms with Gasteiger partial charge < -0.3 is 14.6 Å². The molecule has 2 aromatic rings. The monoisotopic (exact) mass is 388 g/mol. The van der Waals surface area contributed by atoms with Crippen molar-refractivity contribution in [2.45, 2.75) is 36.5 Å². The lowest BCUT2D eigenvalue weighted by Gasteiger charge is -2.13. The molecule has 1 amide bonds. The zero-order valence-electron chi connectivity index (χ0n) is 14.3. The third kappa shape index (κ3) is 5.73. The molecule has 10 heteroatoms. The van der Waals surface area contributed by atoms with Gasteiger partial charge in [-0.25, -0.2) is 0 Å². The number of amides is 1. The van der Waals surface area contributed by atoms with Gasteiger partial charge in [0.25, 0.3) is 0 Å². The molecule has 142 valence electrons. The minimum absolute atomic E-state index is 0.0961. The van der Waals surface area contributed by atoms with E-state index in [2.05, 4.69) is 15.5 Å². The summed E-state index contributed by atoms with van der Waals surface area (Å²) in [6, 6.07) is 4.53. The average molecular weight is 388 g/mol. The van der Waals surface area contributed by atoms with Crippen LogP contribution in [0.15, 0.2) is 35.7 Å². The van der Waals surface area contributed by atoms with Gasteiger partial charge >= 0.3 is 6.18 Å². The Morgan fingerprint density at radius 3 is 2.88 bits per heavy atom. The number of carbonyl (C=O) groups is 1. The minimum Gasteiger partial charge on any atom is -0.385 e. The van der Waals surface area contributed by atoms with E-state index < -0.39 is 22.9 Å². The SMILES string of the molecule is COCCCn1cnnc1SC(C)C(=O)Nc1cccc(C(F)(F)F)c1. The van der Waals surface area contributed by atoms with E-state index in [9.17, 15) is 18.0 Å². The number of anilines is 1. The van der Waals surface area contributed by atoms with Crippen molar-refractivity contribution in [1.82, 2.24) is 14.8 Å². The topological polar surface area (TPSA) is 69.0 Å². The Morgan fingerprint density at radius 2 is 2.19 bits per heavy atom. The number of hydrogen-bond donors (Lipinski definition) is 1. The van der Waals surface area contributed by atoms with Crippen molar-refractivity contribution in [3.05, 3.63) is 36.2 Å². The molecule has 0 radical (unpaired) electrons. The maximum absolute atomic E-state index is 12.7. The molecule has 2 rings (SSSR count). The van der Waals surface area contributed by atoms with E-state index in [1.165, 1.54) is 23.9 Å². The number of aryl methyl sites for hydroxylation is 1. The van der Waals surface area contributed by atoms with Crippen molar-refractivity contribution in [2.75, 3.05) is 19.0 Å². The van der Waals surface area contributed by atoms with Crippen molar-refractivity contribution >= 4 is 23.4 Å². The molecule has 0 saturated heterocycles. The quantitative estimate of drug-likeness (QED) is 0.554. The molecule has 1 unspecified atom stereocenters. The molecule has 0 saturated carbocycles. The highest BCUT2D eigenvalue weighted by Gasteiger charge is 2.30. The van der Waals surface area contributed by atoms with Crippen molar-refractivity contribution in [3.8, 4) is 0 Å². The molecule has 0 spiro atoms. The normalized spacial score (nSPS) is 12.8. The van der Waals surface area contributed by atoms with Gasteiger partial charge in [0.1, 0.15) is 6.33 Å². The Labute approximate surface area is 153 Å². The van der Waals surface area contributed by atoms with E-state index in [1.54, 1.807) is 24.9 Å². The first-order chi connectivity index (χ1) is 12.3. The summed E-state index contributed by atoms with van der Waals surface area (Å²) in [6.45, 7) is 2.89. The van der Waals surface area contributed by atoms with Gasteiger partial charge in [0, 0.05) is 25.9 Å². The Balaban J connectivity index is 1.97. The highest BCUT2D eigenvalue weighted by molar-refractivity contribution is 8.00. The molecule has 0 fully saturated rings. The number of nitrogens with zero attached hydrogens (tertiary/aromatic N) is 3. The average Bonchev–Trinajstić information content (AvgIpc) is 3.01. The maximum atomic E-state index is 12.7. The second kappa shape index (κ2) is 9.04. The van der Waals surface area contributed by atoms with Crippen LogP contribution in [-0.4, -0.2) is 39.6 Å². The molecule has 26 heavy (non-hydrogen) atoms. The maximum Gasteiger partial charge on any atom is 0.416 e. The molecule has 6 nitrogen and oxygen atoms in total. The van der Waals surface area contributed by atoms with Gasteiger partial charge in [-0.2, -0.15) is 13.2 Å². The minimum atomic E-state index is -4.46. The van der Waals surface area contributed by atoms with Gasteiger partial charge in [0.15, 0.2) is 5.16 Å². The predicted octanol–water partition coefficient (Wildman–Crippen LogP) is 3.45. The standard InChI is InChI=1S/C16H19F3N4O2S/c1-11(26-15-22-20-10-23(15)7-4-8-25-2)14(24)21-13-6-3-5-12(9-13)16(17,18)19/h3,5-6,9-11H,4,7-8H2,1-2H3,(H,21,24). The third-order valence-corrected chi connectivity index (χ3v) is 4.53. The summed E-state index contributed by atoms with van der Waals surface area (Å²) in [7, 11) is 1.61. The number of nitrogens with one attached hydrogen (secondary N) is 1. The zero-order valence-corrected chi connectivity index (χ0v) is 15.1. The lowest BCUT2D eigenvalue weighted by molar-refractivity contribution is -0.137. The van der Waals surface area contributed by atoms with Crippen molar-refractivity contribution in [1.29, 1.82) is 0 Å². The van der Waals surface area contributed by atoms with Gasteiger partial charge in [0.2, 0.25) is 5.91 Å². The number of carbonyl (C=O) groups excluding carboxylic acids is 1. The van der Waals surface area contributed by atoms with Gasteiger partial charge in [-0.05, 0) is 31.5 Å². The fourth-order valence-electron chi connectivity index (χ4n) is 2.10. The molecular formula is C16H19F3N4O2S. The van der Waals surface area contributed by atoms with E-state index in [0.29, 0.717) is 18.3 Å². The second-order valence-electron chi connectivity index (χ2n) is 5.48. The van der Waals surface area contributed by atoms with E-state index in [4.69, 9.17) is 4.74 Å². The van der Waals surface area contributed by atoms with Crippen LogP contribution in [0, 0.1) is 0 Å². The molecule has 0 aliphatic carbocycles. The second-order valence-corrected chi connectivity index (χ2v) is 6.79. The number of aromatic nitrogens is 3. The number of halogens is 3. The molecular weight excluding hydrogens is 369 g/mol. The molecule has 1 aromatic carbocycles. The highest BCUT2D eigenvalue weighted by atomic mass is 32.2. The van der Waals surface area contributed by atoms with E-state index in [0.717, 1.165) is 18.6 Å². The van der Waals surface area contributed by atoms with Gasteiger partial charge in [-0.15, -0.1) is 10.2 Å². The number of thioether (sulfide) groups is 1. The number of alkyl halides is 3. The fourth-order valence-corrected chi connectivity index (χ4v) is 2.95. The smallest absolute Gasteiger partial charge is 0.385 e. The van der Waals surface area contributed by atoms with E-state index >= 15 is 0 Å². The summed E-state index contributed by atoms with van der Waals surface area (Å²) < 4.78 is 45.0. The summed E-state index contributed by atoms with van der Waals surface area (Å²) in [4.78, 5) is 12.3. The lowest BCUT2D eigenvalue weighted by Crippen LogP contribution is -2.23. The largest absolute Gasteiger partial charge is 0.416 e. The van der Waals surface area contributed by atoms with Crippen LogP contribution < -0.4 is 5.32 Å². The van der Waals surface area contributed by atoms with Crippen molar-refractivity contribution in [3.63, 3.8) is 0 Å². The summed E-state index contributed by atoms with van der Waals surface area (Å²) in [5.74, 6) is -0.416. The molecule has 1 N–H and O–H groups in total. The first kappa shape index (κ1) is 20.2. The third-order valence-electron chi connectivity index (χ3n) is 3.44. The van der Waals surface area contributed by atoms with Crippen LogP contribution in [0.4, 0.5) is 18.9 Å². The molecule has 1 atom stereocenters. The van der Waals surface area contributed by atoms with Crippen LogP contribution in [0.2, 0.25) is 0 Å². The van der Waals surface area contributed by atoms with Crippen LogP contribution in [0.3, 0.4) is 0 Å². The van der Waals surface area contributed by atoms with E-state index in [-0.39, 0.29) is 5.69 Å². The summed E-state index contributed by atoms with van der Waals surface area (Å²) in [5, 5.41) is 10.3. The van der Waals surface area contributed by atoms with Crippen LogP contribution in [-0.2, 0) is 22.3 Å². The zero-order chi connectivity index (χ0) is 19.2. The highest BCUT2D eigenvalue weighted by Crippen LogP contribution is 2.31. The first-order valence-electron chi connectivity index (χ1n) is 7.83. The predicted molar refractivity (Wildman–Crippen MR) is 91.9 cm³/mol. The van der Waals surface area contributed by atoms with Crippen molar-refractivity contribution < 1.29 is 22.7 Å². The van der Waals surface area contributed by atoms with E-state index in [1.807, 2.05) is 0 Å². The van der Waals surface area contributed by atoms with Crippen LogP contribution in [0.25, 0.3) is 0 Å². The van der Waals surface area contributed by atoms with Crippen LogP contribution >= 0.6 is 11.8 Å². The van der Waals surface area contributed by atoms with Gasteiger partial charge in [-0.3, -0.25) is 4.79 Å². The number of rotatable bonds is 8. The summed E-state index contributed by atoms with van der Waals surface area (Å²) in [6.07, 6.45) is -2.12. The fraction of sp³-hybridized carbons (Fsp3) is 0.438. The van der Waals surface area contributed by atoms with Gasteiger partial charge in [0.05, 0.1) is 10.8 Å². The van der Waals surface area contributed by atoms with Crippen LogP contribution in [0.5, 0.6) is 0 Å². The molecule has 0 aliphatic heterocycles. The molecule has 1 aromatic heterocycles. The number of ether oxygens (including phenoxy) is 1. The van der Waals surface area contributed by atoms with Gasteiger partial charge in [-0.1, -0.05) is 17.8 Å². The molecule has 1 heterocycles. The lowest BCUT2D eigenvalue weighted by atomic mass is 10.2. The Hall–Kier alpha value is -2.07. The number of hydrogen-bond acceptors (Lipinski definition) is 5. The first-order valence-corrected chi connectivity index (χ1v) is 8.70. The Morgan fingerprint density at radius 1 is 1.42 bits per heavy atom. The van der Waals surface area contributed by atoms with Crippen LogP contribution in [0.1, 0.15) is 18.9 Å². The molecule has 0 bridgehead atoms. The number of benzene rings is 1.